The maximum Gasteiger partial charge on any atom is 0.257 e. The predicted octanol–water partition coefficient (Wildman–Crippen LogP) is 4.09. The van der Waals surface area contributed by atoms with Crippen molar-refractivity contribution in [3.05, 3.63) is 53.1 Å². The molecule has 122 valence electrons. The van der Waals surface area contributed by atoms with Gasteiger partial charge in [-0.15, -0.1) is 0 Å². The van der Waals surface area contributed by atoms with E-state index in [0.29, 0.717) is 21.5 Å². The molecule has 0 unspecified atom stereocenters. The minimum atomic E-state index is -0.324. The number of thiazole rings is 1. The fraction of sp³-hybridized carbons (Fsp3) is 0.0625. The van der Waals surface area contributed by atoms with Crippen molar-refractivity contribution in [2.45, 2.75) is 0 Å². The van der Waals surface area contributed by atoms with Gasteiger partial charge in [0.25, 0.3) is 5.91 Å². The lowest BCUT2D eigenvalue weighted by Gasteiger charge is -2.08. The zero-order valence-corrected chi connectivity index (χ0v) is 14.9. The van der Waals surface area contributed by atoms with E-state index in [1.807, 2.05) is 12.1 Å². The average molecular weight is 378 g/mol. The highest BCUT2D eigenvalue weighted by Gasteiger charge is 2.11. The highest BCUT2D eigenvalue weighted by molar-refractivity contribution is 7.80. The van der Waals surface area contributed by atoms with Gasteiger partial charge < -0.3 is 10.1 Å². The van der Waals surface area contributed by atoms with Gasteiger partial charge in [0.1, 0.15) is 5.75 Å². The molecule has 2 aromatic carbocycles. The van der Waals surface area contributed by atoms with Crippen molar-refractivity contribution in [2.75, 3.05) is 12.4 Å². The molecule has 1 amide bonds. The molecule has 2 N–H and O–H groups in total. The summed E-state index contributed by atoms with van der Waals surface area (Å²) >= 11 is 12.5. The number of nitrogens with zero attached hydrogens (tertiary/aromatic N) is 1. The van der Waals surface area contributed by atoms with E-state index in [0.717, 1.165) is 10.2 Å². The number of anilines is 1. The smallest absolute Gasteiger partial charge is 0.257 e. The Bertz CT molecular complexity index is 927. The van der Waals surface area contributed by atoms with Crippen molar-refractivity contribution in [1.82, 2.24) is 10.3 Å². The molecule has 0 atom stereocenters. The molecule has 3 rings (SSSR count). The Morgan fingerprint density at radius 2 is 2.12 bits per heavy atom. The van der Waals surface area contributed by atoms with E-state index < -0.39 is 0 Å². The molecule has 1 aromatic heterocycles. The Labute approximate surface area is 152 Å². The van der Waals surface area contributed by atoms with Crippen LogP contribution >= 0.6 is 35.2 Å². The second kappa shape index (κ2) is 7.12. The molecule has 0 aliphatic heterocycles. The second-order valence-corrected chi connectivity index (χ2v) is 6.65. The number of carbonyl (C=O) groups excluding carboxylic acids is 1. The molecular formula is C16H12ClN3O2S2. The molecule has 0 saturated heterocycles. The molecule has 0 saturated carbocycles. The maximum atomic E-state index is 12.2. The summed E-state index contributed by atoms with van der Waals surface area (Å²) in [5.74, 6) is 0.278. The third-order valence-electron chi connectivity index (χ3n) is 3.13. The first kappa shape index (κ1) is 16.6. The van der Waals surface area contributed by atoms with Crippen LogP contribution in [-0.2, 0) is 0 Å². The largest absolute Gasteiger partial charge is 0.497 e. The summed E-state index contributed by atoms with van der Waals surface area (Å²) in [6, 6.07) is 12.3. The monoisotopic (exact) mass is 377 g/mol. The molecular weight excluding hydrogens is 366 g/mol. The molecule has 0 spiro atoms. The summed E-state index contributed by atoms with van der Waals surface area (Å²) in [7, 11) is 1.54. The fourth-order valence-electron chi connectivity index (χ4n) is 2.02. The van der Waals surface area contributed by atoms with Crippen LogP contribution in [0.25, 0.3) is 10.2 Å². The van der Waals surface area contributed by atoms with Crippen molar-refractivity contribution < 1.29 is 9.53 Å². The molecule has 0 fully saturated rings. The van der Waals surface area contributed by atoms with E-state index in [-0.39, 0.29) is 11.0 Å². The summed E-state index contributed by atoms with van der Waals surface area (Å²) in [5.41, 5.74) is 1.27. The molecule has 0 aliphatic carbocycles. The van der Waals surface area contributed by atoms with E-state index >= 15 is 0 Å². The number of nitrogens with one attached hydrogen (secondary N) is 2. The van der Waals surface area contributed by atoms with Crippen LogP contribution in [0.5, 0.6) is 5.75 Å². The van der Waals surface area contributed by atoms with E-state index in [2.05, 4.69) is 15.6 Å². The van der Waals surface area contributed by atoms with Crippen molar-refractivity contribution in [3.63, 3.8) is 0 Å². The Hall–Kier alpha value is -2.22. The Balaban J connectivity index is 1.68. The number of fused-ring (bicyclic) bond motifs is 1. The number of hydrogen-bond acceptors (Lipinski definition) is 5. The van der Waals surface area contributed by atoms with Crippen molar-refractivity contribution >= 4 is 61.5 Å². The highest BCUT2D eigenvalue weighted by Crippen LogP contribution is 2.28. The maximum absolute atomic E-state index is 12.2. The first-order valence-electron chi connectivity index (χ1n) is 6.87. The Morgan fingerprint density at radius 3 is 2.92 bits per heavy atom. The molecule has 0 aliphatic rings. The molecule has 8 heteroatoms. The van der Waals surface area contributed by atoms with Crippen molar-refractivity contribution in [1.29, 1.82) is 0 Å². The molecule has 3 aromatic rings. The zero-order chi connectivity index (χ0) is 17.1. The molecule has 24 heavy (non-hydrogen) atoms. The first-order chi connectivity index (χ1) is 11.5. The summed E-state index contributed by atoms with van der Waals surface area (Å²) in [6.45, 7) is 0. The molecule has 0 radical (unpaired) electrons. The highest BCUT2D eigenvalue weighted by atomic mass is 35.5. The SMILES string of the molecule is COc1cccc(C(=O)NC(=S)Nc2nc3ccc(Cl)cc3s2)c1. The van der Waals surface area contributed by atoms with E-state index in [9.17, 15) is 4.79 Å². The predicted molar refractivity (Wildman–Crippen MR) is 101 cm³/mol. The van der Waals surface area contributed by atoms with Gasteiger partial charge in [-0.2, -0.15) is 0 Å². The Kier molecular flexibility index (Phi) is 4.94. The number of methoxy groups -OCH3 is 1. The van der Waals surface area contributed by atoms with E-state index in [1.165, 1.54) is 11.3 Å². The van der Waals surface area contributed by atoms with Crippen LogP contribution in [0.3, 0.4) is 0 Å². The zero-order valence-electron chi connectivity index (χ0n) is 12.5. The van der Waals surface area contributed by atoms with Gasteiger partial charge in [0.2, 0.25) is 0 Å². The lowest BCUT2D eigenvalue weighted by molar-refractivity contribution is 0.0977. The molecule has 5 nitrogen and oxygen atoms in total. The van der Waals surface area contributed by atoms with Gasteiger partial charge in [-0.25, -0.2) is 4.98 Å². The second-order valence-electron chi connectivity index (χ2n) is 4.77. The fourth-order valence-corrected chi connectivity index (χ4v) is 3.42. The van der Waals surface area contributed by atoms with Crippen LogP contribution in [0, 0.1) is 0 Å². The summed E-state index contributed by atoms with van der Waals surface area (Å²) in [5, 5.41) is 6.94. The number of hydrogen-bond donors (Lipinski definition) is 2. The molecule has 1 heterocycles. The normalized spacial score (nSPS) is 10.4. The van der Waals surface area contributed by atoms with Gasteiger partial charge in [-0.1, -0.05) is 29.0 Å². The van der Waals surface area contributed by atoms with E-state index in [1.54, 1.807) is 37.4 Å². The van der Waals surface area contributed by atoms with Gasteiger partial charge in [0.05, 0.1) is 17.3 Å². The van der Waals surface area contributed by atoms with Crippen LogP contribution < -0.4 is 15.4 Å². The minimum Gasteiger partial charge on any atom is -0.497 e. The number of rotatable bonds is 3. The third kappa shape index (κ3) is 3.81. The lowest BCUT2D eigenvalue weighted by Crippen LogP contribution is -2.34. The number of thiocarbonyl (C=S) groups is 1. The van der Waals surface area contributed by atoms with Crippen LogP contribution in [0.1, 0.15) is 10.4 Å². The van der Waals surface area contributed by atoms with Gasteiger partial charge in [0.15, 0.2) is 10.2 Å². The topological polar surface area (TPSA) is 63.2 Å². The van der Waals surface area contributed by atoms with E-state index in [4.69, 9.17) is 28.6 Å². The standard InChI is InChI=1S/C16H12ClN3O2S2/c1-22-11-4-2-3-9(7-11)14(21)19-15(23)20-16-18-12-6-5-10(17)8-13(12)24-16/h2-8H,1H3,(H2,18,19,20,21,23). The average Bonchev–Trinajstić information content (AvgIpc) is 2.95. The summed E-state index contributed by atoms with van der Waals surface area (Å²) in [6.07, 6.45) is 0. The number of halogens is 1. The first-order valence-corrected chi connectivity index (χ1v) is 8.48. The molecule has 0 bridgehead atoms. The van der Waals surface area contributed by atoms with Gasteiger partial charge in [-0.3, -0.25) is 10.1 Å². The quantitative estimate of drug-likeness (QED) is 0.673. The third-order valence-corrected chi connectivity index (χ3v) is 4.50. The van der Waals surface area contributed by atoms with Crippen molar-refractivity contribution in [2.24, 2.45) is 0 Å². The van der Waals surface area contributed by atoms with Crippen molar-refractivity contribution in [3.8, 4) is 5.75 Å². The number of amides is 1. The van der Waals surface area contributed by atoms with Gasteiger partial charge in [-0.05, 0) is 48.6 Å². The summed E-state index contributed by atoms with van der Waals surface area (Å²) in [4.78, 5) is 16.6. The number of aromatic nitrogens is 1. The Morgan fingerprint density at radius 1 is 1.29 bits per heavy atom. The van der Waals surface area contributed by atoms with Crippen LogP contribution in [-0.4, -0.2) is 23.1 Å². The number of benzene rings is 2. The number of carbonyl (C=O) groups is 1. The van der Waals surface area contributed by atoms with Gasteiger partial charge in [0, 0.05) is 10.6 Å². The lowest BCUT2D eigenvalue weighted by atomic mass is 10.2. The minimum absolute atomic E-state index is 0.174. The van der Waals surface area contributed by atoms with Crippen LogP contribution in [0.4, 0.5) is 5.13 Å². The number of ether oxygens (including phenoxy) is 1. The van der Waals surface area contributed by atoms with Gasteiger partial charge >= 0.3 is 0 Å². The van der Waals surface area contributed by atoms with Crippen LogP contribution in [0.15, 0.2) is 42.5 Å². The summed E-state index contributed by atoms with van der Waals surface area (Å²) < 4.78 is 6.04. The van der Waals surface area contributed by atoms with Crippen LogP contribution in [0.2, 0.25) is 5.02 Å².